The van der Waals surface area contributed by atoms with Crippen molar-refractivity contribution in [2.24, 2.45) is 5.73 Å². The molecule has 0 unspecified atom stereocenters. The predicted molar refractivity (Wildman–Crippen MR) is 82.5 cm³/mol. The second-order valence-electron chi connectivity index (χ2n) is 5.45. The molecule has 1 aromatic rings. The first-order valence-electron chi connectivity index (χ1n) is 7.96. The molecule has 0 amide bonds. The number of ether oxygens (including phenoxy) is 2. The molecule has 112 valence electrons. The first-order chi connectivity index (χ1) is 9.85. The van der Waals surface area contributed by atoms with Crippen LogP contribution in [0.1, 0.15) is 51.0 Å². The van der Waals surface area contributed by atoms with Gasteiger partial charge in [-0.15, -0.1) is 0 Å². The number of hydrogen-bond donors (Lipinski definition) is 1. The van der Waals surface area contributed by atoms with E-state index >= 15 is 0 Å². The molecule has 3 heteroatoms. The van der Waals surface area contributed by atoms with Crippen LogP contribution >= 0.6 is 0 Å². The molecule has 2 rings (SSSR count). The molecule has 0 radical (unpaired) electrons. The fourth-order valence-corrected chi connectivity index (χ4v) is 2.84. The summed E-state index contributed by atoms with van der Waals surface area (Å²) in [5, 5.41) is 0. The summed E-state index contributed by atoms with van der Waals surface area (Å²) < 4.78 is 12.1. The van der Waals surface area contributed by atoms with Gasteiger partial charge in [-0.3, -0.25) is 0 Å². The molecule has 0 spiro atoms. The molecule has 0 heterocycles. The first kappa shape index (κ1) is 15.2. The first-order valence-corrected chi connectivity index (χ1v) is 7.96. The Morgan fingerprint density at radius 3 is 2.55 bits per heavy atom. The van der Waals surface area contributed by atoms with Gasteiger partial charge in [0.25, 0.3) is 0 Å². The Morgan fingerprint density at radius 2 is 1.90 bits per heavy atom. The highest BCUT2D eigenvalue weighted by atomic mass is 16.5. The molecule has 1 saturated carbocycles. The van der Waals surface area contributed by atoms with Crippen LogP contribution < -0.4 is 15.2 Å². The zero-order chi connectivity index (χ0) is 14.2. The quantitative estimate of drug-likeness (QED) is 0.807. The highest BCUT2D eigenvalue weighted by Crippen LogP contribution is 2.34. The smallest absolute Gasteiger partial charge is 0.164 e. The fourth-order valence-electron chi connectivity index (χ4n) is 2.84. The molecule has 0 aliphatic heterocycles. The zero-order valence-corrected chi connectivity index (χ0v) is 12.6. The third kappa shape index (κ3) is 4.14. The van der Waals surface area contributed by atoms with Crippen LogP contribution in [0.15, 0.2) is 18.2 Å². The van der Waals surface area contributed by atoms with E-state index in [9.17, 15) is 0 Å². The van der Waals surface area contributed by atoms with Gasteiger partial charge in [-0.05, 0) is 57.2 Å². The van der Waals surface area contributed by atoms with Crippen LogP contribution in [0.3, 0.4) is 0 Å². The van der Waals surface area contributed by atoms with Crippen molar-refractivity contribution in [1.29, 1.82) is 0 Å². The average Bonchev–Trinajstić information content (AvgIpc) is 2.71. The van der Waals surface area contributed by atoms with Gasteiger partial charge in [0.05, 0.1) is 12.7 Å². The van der Waals surface area contributed by atoms with Crippen molar-refractivity contribution < 1.29 is 9.47 Å². The summed E-state index contributed by atoms with van der Waals surface area (Å²) >= 11 is 0. The molecule has 0 saturated heterocycles. The Hall–Kier alpha value is -1.22. The Kier molecular flexibility index (Phi) is 6.19. The Labute approximate surface area is 122 Å². The maximum atomic E-state index is 6.32. The molecule has 20 heavy (non-hydrogen) atoms. The van der Waals surface area contributed by atoms with Crippen LogP contribution in [-0.4, -0.2) is 19.3 Å². The van der Waals surface area contributed by atoms with Crippen molar-refractivity contribution >= 4 is 0 Å². The summed E-state index contributed by atoms with van der Waals surface area (Å²) in [5.74, 6) is 1.79. The molecule has 3 nitrogen and oxygen atoms in total. The third-order valence-corrected chi connectivity index (χ3v) is 3.86. The third-order valence-electron chi connectivity index (χ3n) is 3.86. The van der Waals surface area contributed by atoms with Crippen molar-refractivity contribution in [2.75, 3.05) is 13.2 Å². The monoisotopic (exact) mass is 277 g/mol. The van der Waals surface area contributed by atoms with Crippen molar-refractivity contribution in [2.45, 2.75) is 58.0 Å². The molecule has 0 bridgehead atoms. The van der Waals surface area contributed by atoms with Crippen molar-refractivity contribution in [3.8, 4) is 11.5 Å². The molecule has 1 aliphatic carbocycles. The second-order valence-corrected chi connectivity index (χ2v) is 5.45. The van der Waals surface area contributed by atoms with Gasteiger partial charge < -0.3 is 15.2 Å². The summed E-state index contributed by atoms with van der Waals surface area (Å²) in [7, 11) is 0. The molecular weight excluding hydrogens is 250 g/mol. The van der Waals surface area contributed by atoms with Gasteiger partial charge in [0.15, 0.2) is 11.5 Å². The van der Waals surface area contributed by atoms with Gasteiger partial charge in [-0.2, -0.15) is 0 Å². The minimum atomic E-state index is 0.329. The van der Waals surface area contributed by atoms with Crippen LogP contribution in [0.4, 0.5) is 0 Å². The zero-order valence-electron chi connectivity index (χ0n) is 12.6. The topological polar surface area (TPSA) is 44.5 Å². The van der Waals surface area contributed by atoms with Crippen molar-refractivity contribution in [3.63, 3.8) is 0 Å². The maximum Gasteiger partial charge on any atom is 0.164 e. The SMILES string of the molecule is CCOc1cccc(CCN)c1OC1CCCCCC1. The standard InChI is InChI=1S/C17H27NO2/c1-2-19-16-11-7-8-14(12-13-18)17(16)20-15-9-5-3-4-6-10-15/h7-8,11,15H,2-6,9-10,12-13,18H2,1H3. The molecule has 0 aromatic heterocycles. The summed E-state index contributed by atoms with van der Waals surface area (Å²) in [4.78, 5) is 0. The van der Waals surface area contributed by atoms with Crippen LogP contribution in [-0.2, 0) is 6.42 Å². The minimum Gasteiger partial charge on any atom is -0.490 e. The fraction of sp³-hybridized carbons (Fsp3) is 0.647. The number of benzene rings is 1. The van der Waals surface area contributed by atoms with Gasteiger partial charge in [-0.25, -0.2) is 0 Å². The normalized spacial score (nSPS) is 16.7. The van der Waals surface area contributed by atoms with Gasteiger partial charge in [0, 0.05) is 0 Å². The summed E-state index contributed by atoms with van der Waals surface area (Å²) in [6.45, 7) is 3.30. The Morgan fingerprint density at radius 1 is 1.15 bits per heavy atom. The number of para-hydroxylation sites is 1. The van der Waals surface area contributed by atoms with Crippen LogP contribution in [0.2, 0.25) is 0 Å². The lowest BCUT2D eigenvalue weighted by Crippen LogP contribution is -2.17. The van der Waals surface area contributed by atoms with Crippen LogP contribution in [0, 0.1) is 0 Å². The average molecular weight is 277 g/mol. The van der Waals surface area contributed by atoms with Crippen molar-refractivity contribution in [3.05, 3.63) is 23.8 Å². The molecule has 0 atom stereocenters. The molecule has 2 N–H and O–H groups in total. The summed E-state index contributed by atoms with van der Waals surface area (Å²) in [6, 6.07) is 6.12. The van der Waals surface area contributed by atoms with E-state index in [-0.39, 0.29) is 0 Å². The van der Waals surface area contributed by atoms with E-state index in [0.29, 0.717) is 19.3 Å². The molecule has 1 aliphatic rings. The molecule has 1 fully saturated rings. The van der Waals surface area contributed by atoms with Crippen LogP contribution in [0.25, 0.3) is 0 Å². The van der Waals surface area contributed by atoms with E-state index in [0.717, 1.165) is 30.8 Å². The second kappa shape index (κ2) is 8.15. The lowest BCUT2D eigenvalue weighted by Gasteiger charge is -2.21. The van der Waals surface area contributed by atoms with Gasteiger partial charge >= 0.3 is 0 Å². The number of nitrogens with two attached hydrogens (primary N) is 1. The minimum absolute atomic E-state index is 0.329. The highest BCUT2D eigenvalue weighted by Gasteiger charge is 2.18. The predicted octanol–water partition coefficient (Wildman–Crippen LogP) is 3.69. The number of rotatable bonds is 6. The summed E-state index contributed by atoms with van der Waals surface area (Å²) in [6.07, 6.45) is 8.69. The Balaban J connectivity index is 2.17. The van der Waals surface area contributed by atoms with E-state index in [1.807, 2.05) is 19.1 Å². The van der Waals surface area contributed by atoms with E-state index in [1.54, 1.807) is 0 Å². The van der Waals surface area contributed by atoms with Gasteiger partial charge in [-0.1, -0.05) is 25.0 Å². The van der Waals surface area contributed by atoms with E-state index in [4.69, 9.17) is 15.2 Å². The lowest BCUT2D eigenvalue weighted by molar-refractivity contribution is 0.172. The largest absolute Gasteiger partial charge is 0.490 e. The van der Waals surface area contributed by atoms with Gasteiger partial charge in [0.2, 0.25) is 0 Å². The maximum absolute atomic E-state index is 6.32. The highest BCUT2D eigenvalue weighted by molar-refractivity contribution is 5.47. The van der Waals surface area contributed by atoms with Crippen molar-refractivity contribution in [1.82, 2.24) is 0 Å². The summed E-state index contributed by atoms with van der Waals surface area (Å²) in [5.41, 5.74) is 6.88. The van der Waals surface area contributed by atoms with E-state index < -0.39 is 0 Å². The molecular formula is C17H27NO2. The lowest BCUT2D eigenvalue weighted by atomic mass is 10.1. The van der Waals surface area contributed by atoms with Crippen LogP contribution in [0.5, 0.6) is 11.5 Å². The van der Waals surface area contributed by atoms with E-state index in [2.05, 4.69) is 6.07 Å². The number of hydrogen-bond acceptors (Lipinski definition) is 3. The van der Waals surface area contributed by atoms with E-state index in [1.165, 1.54) is 31.2 Å². The van der Waals surface area contributed by atoms with Gasteiger partial charge in [0.1, 0.15) is 0 Å². The Bertz CT molecular complexity index is 374. The molecule has 1 aromatic carbocycles.